The maximum absolute atomic E-state index is 12.1. The number of aryl methyl sites for hydroxylation is 1. The molecule has 1 atom stereocenters. The van der Waals surface area contributed by atoms with Gasteiger partial charge in [0, 0.05) is 6.61 Å². The quantitative estimate of drug-likeness (QED) is 0.456. The molecule has 1 rings (SSSR count). The molecule has 19 heavy (non-hydrogen) atoms. The molecule has 1 aromatic rings. The summed E-state index contributed by atoms with van der Waals surface area (Å²) in [5.74, 6) is 0.0782. The van der Waals surface area contributed by atoms with Gasteiger partial charge in [-0.15, -0.1) is 11.6 Å². The summed E-state index contributed by atoms with van der Waals surface area (Å²) in [7, 11) is -3.58. The van der Waals surface area contributed by atoms with Crippen molar-refractivity contribution in [3.05, 3.63) is 29.8 Å². The van der Waals surface area contributed by atoms with Crippen LogP contribution in [0.15, 0.2) is 29.2 Å². The number of benzene rings is 1. The molecule has 0 heterocycles. The normalized spacial score (nSPS) is 13.4. The monoisotopic (exact) mass is 305 g/mol. The molecular formula is C13H20ClNO3S. The lowest BCUT2D eigenvalue weighted by atomic mass is 10.2. The summed E-state index contributed by atoms with van der Waals surface area (Å²) >= 11 is 5.71. The minimum Gasteiger partial charge on any atom is -0.361 e. The average Bonchev–Trinajstić information content (AvgIpc) is 2.38. The lowest BCUT2D eigenvalue weighted by Gasteiger charge is -2.17. The van der Waals surface area contributed by atoms with E-state index in [0.717, 1.165) is 18.4 Å². The van der Waals surface area contributed by atoms with E-state index >= 15 is 0 Å². The molecule has 0 fully saturated rings. The molecule has 0 amide bonds. The van der Waals surface area contributed by atoms with E-state index in [4.69, 9.17) is 16.3 Å². The Bertz CT molecular complexity index is 473. The minimum absolute atomic E-state index is 0.0782. The van der Waals surface area contributed by atoms with Crippen molar-refractivity contribution >= 4 is 21.6 Å². The first-order valence-corrected chi connectivity index (χ1v) is 8.28. The van der Waals surface area contributed by atoms with E-state index in [1.807, 2.05) is 13.8 Å². The highest BCUT2D eigenvalue weighted by Crippen LogP contribution is 2.11. The number of sulfonamides is 1. The third-order valence-electron chi connectivity index (χ3n) is 2.57. The predicted octanol–water partition coefficient (Wildman–Crippen LogP) is 2.65. The van der Waals surface area contributed by atoms with Gasteiger partial charge in [-0.1, -0.05) is 31.0 Å². The molecule has 1 N–H and O–H groups in total. The summed E-state index contributed by atoms with van der Waals surface area (Å²) in [6.07, 6.45) is 1.17. The largest absolute Gasteiger partial charge is 0.361 e. The van der Waals surface area contributed by atoms with Crippen molar-refractivity contribution in [2.45, 2.75) is 37.8 Å². The molecule has 0 aliphatic carbocycles. The van der Waals surface area contributed by atoms with Crippen LogP contribution in [0.3, 0.4) is 0 Å². The zero-order valence-electron chi connectivity index (χ0n) is 11.2. The molecule has 108 valence electrons. The first-order valence-electron chi connectivity index (χ1n) is 6.26. The molecule has 6 heteroatoms. The molecule has 0 bridgehead atoms. The Morgan fingerprint density at radius 3 is 2.47 bits per heavy atom. The van der Waals surface area contributed by atoms with Gasteiger partial charge in [0.15, 0.2) is 0 Å². The highest BCUT2D eigenvalue weighted by Gasteiger charge is 2.19. The lowest BCUT2D eigenvalue weighted by Crippen LogP contribution is -2.38. The Morgan fingerprint density at radius 1 is 1.32 bits per heavy atom. The standard InChI is InChI=1S/C13H20ClNO3S/c1-3-4-9-18-13(10-14)15-19(16,17)12-7-5-11(2)6-8-12/h5-8,13,15H,3-4,9-10H2,1-2H3. The van der Waals surface area contributed by atoms with Crippen LogP contribution >= 0.6 is 11.6 Å². The molecule has 0 aromatic heterocycles. The number of alkyl halides is 1. The number of hydrogen-bond donors (Lipinski definition) is 1. The second-order valence-electron chi connectivity index (χ2n) is 4.30. The van der Waals surface area contributed by atoms with Gasteiger partial charge in [-0.3, -0.25) is 0 Å². The van der Waals surface area contributed by atoms with Crippen LogP contribution in [-0.2, 0) is 14.8 Å². The number of ether oxygens (including phenoxy) is 1. The second-order valence-corrected chi connectivity index (χ2v) is 6.32. The first-order chi connectivity index (χ1) is 8.99. The van der Waals surface area contributed by atoms with Crippen molar-refractivity contribution in [1.82, 2.24) is 4.72 Å². The van der Waals surface area contributed by atoms with E-state index in [1.54, 1.807) is 24.3 Å². The number of unbranched alkanes of at least 4 members (excludes halogenated alkanes) is 1. The van der Waals surface area contributed by atoms with Crippen molar-refractivity contribution < 1.29 is 13.2 Å². The first kappa shape index (κ1) is 16.4. The van der Waals surface area contributed by atoms with E-state index in [-0.39, 0.29) is 10.8 Å². The van der Waals surface area contributed by atoms with Crippen LogP contribution in [0.4, 0.5) is 0 Å². The van der Waals surface area contributed by atoms with Gasteiger partial charge in [-0.25, -0.2) is 8.42 Å². The zero-order chi connectivity index (χ0) is 14.3. The summed E-state index contributed by atoms with van der Waals surface area (Å²) < 4.78 is 32.0. The Labute approximate surface area is 120 Å². The highest BCUT2D eigenvalue weighted by molar-refractivity contribution is 7.89. The van der Waals surface area contributed by atoms with Gasteiger partial charge in [0.1, 0.15) is 6.23 Å². The van der Waals surface area contributed by atoms with Crippen LogP contribution in [-0.4, -0.2) is 27.1 Å². The van der Waals surface area contributed by atoms with Gasteiger partial charge in [0.05, 0.1) is 10.8 Å². The number of rotatable bonds is 8. The topological polar surface area (TPSA) is 55.4 Å². The lowest BCUT2D eigenvalue weighted by molar-refractivity contribution is 0.0592. The van der Waals surface area contributed by atoms with Crippen molar-refractivity contribution in [2.75, 3.05) is 12.5 Å². The maximum Gasteiger partial charge on any atom is 0.242 e. The molecule has 4 nitrogen and oxygen atoms in total. The van der Waals surface area contributed by atoms with E-state index in [2.05, 4.69) is 4.72 Å². The number of halogens is 1. The van der Waals surface area contributed by atoms with Crippen LogP contribution in [0.2, 0.25) is 0 Å². The molecule has 0 aliphatic rings. The Kier molecular flexibility index (Phi) is 6.79. The smallest absolute Gasteiger partial charge is 0.242 e. The molecule has 0 spiro atoms. The van der Waals surface area contributed by atoms with Crippen LogP contribution in [0.25, 0.3) is 0 Å². The third kappa shape index (κ3) is 5.48. The van der Waals surface area contributed by atoms with Gasteiger partial charge >= 0.3 is 0 Å². The maximum atomic E-state index is 12.1. The molecule has 0 radical (unpaired) electrons. The van der Waals surface area contributed by atoms with Gasteiger partial charge in [-0.05, 0) is 25.5 Å². The average molecular weight is 306 g/mol. The zero-order valence-corrected chi connectivity index (χ0v) is 12.8. The third-order valence-corrected chi connectivity index (χ3v) is 4.32. The molecule has 1 aromatic carbocycles. The molecule has 0 saturated heterocycles. The minimum atomic E-state index is -3.58. The van der Waals surface area contributed by atoms with Crippen LogP contribution in [0.5, 0.6) is 0 Å². The Morgan fingerprint density at radius 2 is 1.95 bits per heavy atom. The van der Waals surface area contributed by atoms with E-state index in [9.17, 15) is 8.42 Å². The van der Waals surface area contributed by atoms with Crippen LogP contribution in [0.1, 0.15) is 25.3 Å². The molecule has 0 aliphatic heterocycles. The van der Waals surface area contributed by atoms with Crippen LogP contribution < -0.4 is 4.72 Å². The van der Waals surface area contributed by atoms with E-state index < -0.39 is 16.3 Å². The fourth-order valence-electron chi connectivity index (χ4n) is 1.44. The van der Waals surface area contributed by atoms with Crippen molar-refractivity contribution in [3.8, 4) is 0 Å². The van der Waals surface area contributed by atoms with Crippen LogP contribution in [0, 0.1) is 6.92 Å². The summed E-state index contributed by atoms with van der Waals surface area (Å²) in [6.45, 7) is 4.43. The fraction of sp³-hybridized carbons (Fsp3) is 0.538. The summed E-state index contributed by atoms with van der Waals surface area (Å²) in [4.78, 5) is 0.215. The second kappa shape index (κ2) is 7.85. The molecule has 0 saturated carbocycles. The van der Waals surface area contributed by atoms with Crippen molar-refractivity contribution in [1.29, 1.82) is 0 Å². The fourth-order valence-corrected chi connectivity index (χ4v) is 2.82. The van der Waals surface area contributed by atoms with Crippen molar-refractivity contribution in [2.24, 2.45) is 0 Å². The SMILES string of the molecule is CCCCOC(CCl)NS(=O)(=O)c1ccc(C)cc1. The Balaban J connectivity index is 2.69. The number of nitrogens with one attached hydrogen (secondary N) is 1. The van der Waals surface area contributed by atoms with Crippen molar-refractivity contribution in [3.63, 3.8) is 0 Å². The summed E-state index contributed by atoms with van der Waals surface area (Å²) in [5.41, 5.74) is 1.01. The molecular weight excluding hydrogens is 286 g/mol. The highest BCUT2D eigenvalue weighted by atomic mass is 35.5. The van der Waals surface area contributed by atoms with E-state index in [0.29, 0.717) is 6.61 Å². The van der Waals surface area contributed by atoms with Gasteiger partial charge in [0.2, 0.25) is 10.0 Å². The Hall–Kier alpha value is -0.620. The summed E-state index contributed by atoms with van der Waals surface area (Å²) in [5, 5.41) is 0. The number of hydrogen-bond acceptors (Lipinski definition) is 3. The van der Waals surface area contributed by atoms with Gasteiger partial charge in [-0.2, -0.15) is 4.72 Å². The predicted molar refractivity (Wildman–Crippen MR) is 76.9 cm³/mol. The van der Waals surface area contributed by atoms with E-state index in [1.165, 1.54) is 0 Å². The van der Waals surface area contributed by atoms with Gasteiger partial charge in [0.25, 0.3) is 0 Å². The molecule has 1 unspecified atom stereocenters. The van der Waals surface area contributed by atoms with Gasteiger partial charge < -0.3 is 4.74 Å². The summed E-state index contributed by atoms with van der Waals surface area (Å²) in [6, 6.07) is 6.63.